The van der Waals surface area contributed by atoms with Crippen LogP contribution in [0.2, 0.25) is 0 Å². The zero-order valence-electron chi connectivity index (χ0n) is 13.5. The number of hydrogen-bond donors (Lipinski definition) is 2. The number of hydrogen-bond acceptors (Lipinski definition) is 7. The van der Waals surface area contributed by atoms with E-state index in [1.54, 1.807) is 18.2 Å². The van der Waals surface area contributed by atoms with Crippen LogP contribution in [0.3, 0.4) is 0 Å². The molecule has 0 amide bonds. The van der Waals surface area contributed by atoms with Gasteiger partial charge in [0.05, 0.1) is 12.0 Å². The second kappa shape index (κ2) is 7.63. The molecule has 0 atom stereocenters. The molecule has 2 N–H and O–H groups in total. The first kappa shape index (κ1) is 17.5. The summed E-state index contributed by atoms with van der Waals surface area (Å²) in [6.07, 6.45) is -0.0110. The van der Waals surface area contributed by atoms with Crippen LogP contribution in [0.25, 0.3) is 0 Å². The number of carbonyl (C=O) groups is 2. The Bertz CT molecular complexity index is 691. The van der Waals surface area contributed by atoms with Gasteiger partial charge in [0.1, 0.15) is 25.6 Å². The number of Topliss-reactive ketones (excluding diaryl/α,β-unsaturated/α-hetero) is 1. The van der Waals surface area contributed by atoms with Gasteiger partial charge in [0.2, 0.25) is 0 Å². The zero-order valence-corrected chi connectivity index (χ0v) is 13.5. The maximum atomic E-state index is 11.9. The van der Waals surface area contributed by atoms with Gasteiger partial charge in [-0.1, -0.05) is 6.07 Å². The highest BCUT2D eigenvalue weighted by Crippen LogP contribution is 2.30. The van der Waals surface area contributed by atoms with Crippen molar-refractivity contribution in [2.45, 2.75) is 20.3 Å². The lowest BCUT2D eigenvalue weighted by Crippen LogP contribution is -2.17. The molecule has 7 nitrogen and oxygen atoms in total. The van der Waals surface area contributed by atoms with E-state index in [0.29, 0.717) is 30.3 Å². The van der Waals surface area contributed by atoms with Gasteiger partial charge in [-0.3, -0.25) is 9.59 Å². The van der Waals surface area contributed by atoms with Gasteiger partial charge in [-0.05, 0) is 31.5 Å². The SMILES string of the molecule is CC(=N)/C(C(C)=O)=C(\O)COC(=O)Cc1ccc2c(c1)OCCO2. The minimum absolute atomic E-state index is 0.0110. The number of esters is 1. The predicted octanol–water partition coefficient (Wildman–Crippen LogP) is 1.98. The standard InChI is InChI=1S/C17H19NO6/c1-10(18)17(11(2)19)13(20)9-24-16(21)8-12-3-4-14-15(7-12)23-6-5-22-14/h3-4,7,18,20H,5-6,8-9H2,1-2H3/b17-13+,18-10?. The van der Waals surface area contributed by atoms with E-state index in [2.05, 4.69) is 0 Å². The smallest absolute Gasteiger partial charge is 0.310 e. The van der Waals surface area contributed by atoms with Gasteiger partial charge in [-0.2, -0.15) is 0 Å². The number of carbonyl (C=O) groups excluding carboxylic acids is 2. The summed E-state index contributed by atoms with van der Waals surface area (Å²) in [5.74, 6) is -0.240. The maximum absolute atomic E-state index is 11.9. The summed E-state index contributed by atoms with van der Waals surface area (Å²) in [4.78, 5) is 23.3. The second-order valence-corrected chi connectivity index (χ2v) is 5.32. The van der Waals surface area contributed by atoms with Crippen molar-refractivity contribution in [1.29, 1.82) is 5.41 Å². The molecule has 0 radical (unpaired) electrons. The summed E-state index contributed by atoms with van der Waals surface area (Å²) >= 11 is 0. The lowest BCUT2D eigenvalue weighted by Gasteiger charge is -2.18. The van der Waals surface area contributed by atoms with E-state index >= 15 is 0 Å². The molecule has 0 unspecified atom stereocenters. The number of fused-ring (bicyclic) bond motifs is 1. The van der Waals surface area contributed by atoms with Crippen molar-refractivity contribution in [3.8, 4) is 11.5 Å². The monoisotopic (exact) mass is 333 g/mol. The largest absolute Gasteiger partial charge is 0.508 e. The highest BCUT2D eigenvalue weighted by Gasteiger charge is 2.16. The van der Waals surface area contributed by atoms with E-state index in [0.717, 1.165) is 0 Å². The molecule has 0 spiro atoms. The predicted molar refractivity (Wildman–Crippen MR) is 85.8 cm³/mol. The molecule has 1 aromatic rings. The highest BCUT2D eigenvalue weighted by molar-refractivity contribution is 6.19. The molecule has 1 heterocycles. The molecule has 1 aromatic carbocycles. The molecule has 0 bridgehead atoms. The van der Waals surface area contributed by atoms with Crippen molar-refractivity contribution >= 4 is 17.5 Å². The van der Waals surface area contributed by atoms with Crippen molar-refractivity contribution in [2.24, 2.45) is 0 Å². The normalized spacial score (nSPS) is 13.8. The fraction of sp³-hybridized carbons (Fsp3) is 0.353. The van der Waals surface area contributed by atoms with E-state index in [4.69, 9.17) is 19.6 Å². The minimum atomic E-state index is -0.566. The number of rotatable bonds is 6. The quantitative estimate of drug-likeness (QED) is 0.357. The average molecular weight is 333 g/mol. The number of aliphatic hydroxyl groups excluding tert-OH is 1. The topological polar surface area (TPSA) is 106 Å². The molecule has 1 aliphatic heterocycles. The van der Waals surface area contributed by atoms with Gasteiger partial charge in [-0.25, -0.2) is 0 Å². The molecule has 0 aromatic heterocycles. The summed E-state index contributed by atoms with van der Waals surface area (Å²) in [5, 5.41) is 17.3. The fourth-order valence-corrected chi connectivity index (χ4v) is 2.32. The zero-order chi connectivity index (χ0) is 17.7. The highest BCUT2D eigenvalue weighted by atomic mass is 16.6. The fourth-order valence-electron chi connectivity index (χ4n) is 2.32. The first-order valence-corrected chi connectivity index (χ1v) is 7.41. The van der Waals surface area contributed by atoms with Crippen LogP contribution < -0.4 is 9.47 Å². The van der Waals surface area contributed by atoms with Gasteiger partial charge in [-0.15, -0.1) is 0 Å². The van der Waals surface area contributed by atoms with Crippen LogP contribution >= 0.6 is 0 Å². The Labute approximate surface area is 139 Å². The number of ketones is 1. The van der Waals surface area contributed by atoms with Gasteiger partial charge < -0.3 is 24.7 Å². The third-order valence-electron chi connectivity index (χ3n) is 3.34. The Morgan fingerprint density at radius 1 is 1.21 bits per heavy atom. The molecule has 0 aliphatic carbocycles. The van der Waals surface area contributed by atoms with Crippen molar-refractivity contribution in [3.63, 3.8) is 0 Å². The van der Waals surface area contributed by atoms with Crippen LogP contribution in [0.1, 0.15) is 19.4 Å². The molecule has 24 heavy (non-hydrogen) atoms. The van der Waals surface area contributed by atoms with Gasteiger partial charge in [0.15, 0.2) is 17.3 Å². The van der Waals surface area contributed by atoms with Crippen molar-refractivity contribution in [3.05, 3.63) is 35.1 Å². The molecular weight excluding hydrogens is 314 g/mol. The first-order chi connectivity index (χ1) is 11.4. The van der Waals surface area contributed by atoms with Crippen LogP contribution in [0.15, 0.2) is 29.5 Å². The van der Waals surface area contributed by atoms with E-state index in [1.807, 2.05) is 0 Å². The van der Waals surface area contributed by atoms with Crippen LogP contribution in [0, 0.1) is 5.41 Å². The van der Waals surface area contributed by atoms with Crippen molar-refractivity contribution in [2.75, 3.05) is 19.8 Å². The number of allylic oxidation sites excluding steroid dienone is 1. The van der Waals surface area contributed by atoms with Gasteiger partial charge in [0, 0.05) is 5.71 Å². The number of benzene rings is 1. The van der Waals surface area contributed by atoms with E-state index in [-0.39, 0.29) is 17.7 Å². The molecule has 0 saturated carbocycles. The van der Waals surface area contributed by atoms with Gasteiger partial charge >= 0.3 is 5.97 Å². The second-order valence-electron chi connectivity index (χ2n) is 5.32. The Morgan fingerprint density at radius 2 is 1.88 bits per heavy atom. The lowest BCUT2D eigenvalue weighted by atomic mass is 10.1. The Kier molecular flexibility index (Phi) is 5.57. The molecule has 0 saturated heterocycles. The summed E-state index contributed by atoms with van der Waals surface area (Å²) in [6.45, 7) is 3.11. The van der Waals surface area contributed by atoms with E-state index < -0.39 is 24.1 Å². The van der Waals surface area contributed by atoms with Crippen LogP contribution in [0.5, 0.6) is 11.5 Å². The van der Waals surface area contributed by atoms with Gasteiger partial charge in [0.25, 0.3) is 0 Å². The Balaban J connectivity index is 1.97. The third kappa shape index (κ3) is 4.34. The summed E-state index contributed by atoms with van der Waals surface area (Å²) in [7, 11) is 0. The Hall–Kier alpha value is -2.83. The number of nitrogens with one attached hydrogen (secondary N) is 1. The number of ether oxygens (including phenoxy) is 3. The molecule has 0 fully saturated rings. The van der Waals surface area contributed by atoms with Crippen molar-refractivity contribution in [1.82, 2.24) is 0 Å². The molecular formula is C17H19NO6. The first-order valence-electron chi connectivity index (χ1n) is 7.41. The molecule has 128 valence electrons. The Morgan fingerprint density at radius 3 is 2.50 bits per heavy atom. The third-order valence-corrected chi connectivity index (χ3v) is 3.34. The molecule has 7 heteroatoms. The van der Waals surface area contributed by atoms with Crippen LogP contribution in [-0.2, 0) is 20.7 Å². The van der Waals surface area contributed by atoms with E-state index in [1.165, 1.54) is 13.8 Å². The van der Waals surface area contributed by atoms with Crippen molar-refractivity contribution < 1.29 is 28.9 Å². The molecule has 2 rings (SSSR count). The summed E-state index contributed by atoms with van der Waals surface area (Å²) < 4.78 is 15.8. The molecule has 1 aliphatic rings. The van der Waals surface area contributed by atoms with Crippen LogP contribution in [-0.4, -0.2) is 42.4 Å². The summed E-state index contributed by atoms with van der Waals surface area (Å²) in [5.41, 5.74) is 0.466. The maximum Gasteiger partial charge on any atom is 0.310 e. The number of aliphatic hydroxyl groups is 1. The van der Waals surface area contributed by atoms with Crippen LogP contribution in [0.4, 0.5) is 0 Å². The average Bonchev–Trinajstić information content (AvgIpc) is 2.52. The summed E-state index contributed by atoms with van der Waals surface area (Å²) in [6, 6.07) is 5.15. The lowest BCUT2D eigenvalue weighted by molar-refractivity contribution is -0.142. The minimum Gasteiger partial charge on any atom is -0.508 e. The van der Waals surface area contributed by atoms with E-state index in [9.17, 15) is 14.7 Å².